The van der Waals surface area contributed by atoms with Crippen LogP contribution in [-0.2, 0) is 0 Å². The zero-order valence-electron chi connectivity index (χ0n) is 12.0. The van der Waals surface area contributed by atoms with E-state index in [2.05, 4.69) is 19.6 Å². The number of hydrogen-bond acceptors (Lipinski definition) is 0. The second-order valence-corrected chi connectivity index (χ2v) is 13.5. The monoisotopic (exact) mass is 250 g/mol. The molecule has 0 radical (unpaired) electrons. The van der Waals surface area contributed by atoms with Crippen LogP contribution >= 0.6 is 0 Å². The molecule has 1 heteroatoms. The lowest BCUT2D eigenvalue weighted by molar-refractivity contribution is 0.184. The molecule has 0 N–H and O–H groups in total. The summed E-state index contributed by atoms with van der Waals surface area (Å²) in [5, 5.41) is 0. The molecule has 0 aliphatic heterocycles. The van der Waals surface area contributed by atoms with Crippen molar-refractivity contribution in [2.75, 3.05) is 0 Å². The lowest BCUT2D eigenvalue weighted by Gasteiger charge is -2.38. The third-order valence-corrected chi connectivity index (χ3v) is 9.08. The lowest BCUT2D eigenvalue weighted by Crippen LogP contribution is -2.36. The maximum absolute atomic E-state index is 2.65. The fourth-order valence-corrected chi connectivity index (χ4v) is 9.33. The van der Waals surface area contributed by atoms with Gasteiger partial charge in [-0.25, -0.2) is 0 Å². The van der Waals surface area contributed by atoms with Crippen LogP contribution in [-0.4, -0.2) is 8.07 Å². The molecular formula is C16H30Si. The van der Waals surface area contributed by atoms with Crippen molar-refractivity contribution in [3.63, 3.8) is 0 Å². The second-order valence-electron chi connectivity index (χ2n) is 8.12. The average Bonchev–Trinajstić information content (AvgIpc) is 2.63. The normalized spacial score (nSPS) is 46.4. The van der Waals surface area contributed by atoms with Crippen LogP contribution in [0.1, 0.15) is 51.4 Å². The summed E-state index contributed by atoms with van der Waals surface area (Å²) < 4.78 is 0. The maximum Gasteiger partial charge on any atom is 0.0479 e. The molecule has 0 bridgehead atoms. The van der Waals surface area contributed by atoms with Gasteiger partial charge in [0.2, 0.25) is 0 Å². The van der Waals surface area contributed by atoms with Crippen LogP contribution in [0, 0.1) is 23.7 Å². The Kier molecular flexibility index (Phi) is 3.17. The first-order chi connectivity index (χ1) is 8.09. The highest BCUT2D eigenvalue weighted by Crippen LogP contribution is 2.62. The van der Waals surface area contributed by atoms with Crippen LogP contribution in [0.3, 0.4) is 0 Å². The largest absolute Gasteiger partial charge is 0.0693 e. The molecule has 0 nitrogen and oxygen atoms in total. The summed E-state index contributed by atoms with van der Waals surface area (Å²) in [6.45, 7) is 7.96. The SMILES string of the molecule is C[Si](C)(C)C1C2CCCCC2C2CCCCC21. The number of fused-ring (bicyclic) bond motifs is 3. The Bertz CT molecular complexity index is 256. The van der Waals surface area contributed by atoms with Crippen LogP contribution < -0.4 is 0 Å². The van der Waals surface area contributed by atoms with Gasteiger partial charge in [-0.3, -0.25) is 0 Å². The Morgan fingerprint density at radius 3 is 1.29 bits per heavy atom. The summed E-state index contributed by atoms with van der Waals surface area (Å²) >= 11 is 0. The van der Waals surface area contributed by atoms with Crippen molar-refractivity contribution in [1.82, 2.24) is 0 Å². The molecular weight excluding hydrogens is 220 g/mol. The van der Waals surface area contributed by atoms with E-state index in [1.807, 2.05) is 0 Å². The molecule has 3 rings (SSSR count). The van der Waals surface area contributed by atoms with Gasteiger partial charge >= 0.3 is 0 Å². The molecule has 0 amide bonds. The van der Waals surface area contributed by atoms with Crippen molar-refractivity contribution in [2.45, 2.75) is 76.5 Å². The van der Waals surface area contributed by atoms with E-state index in [0.29, 0.717) is 0 Å². The Morgan fingerprint density at radius 1 is 0.588 bits per heavy atom. The van der Waals surface area contributed by atoms with Crippen LogP contribution in [0.25, 0.3) is 0 Å². The predicted octanol–water partition coefficient (Wildman–Crippen LogP) is 5.32. The minimum atomic E-state index is -0.941. The van der Waals surface area contributed by atoms with Crippen molar-refractivity contribution in [1.29, 1.82) is 0 Å². The number of rotatable bonds is 1. The summed E-state index contributed by atoms with van der Waals surface area (Å²) in [4.78, 5) is 0. The van der Waals surface area contributed by atoms with Crippen molar-refractivity contribution < 1.29 is 0 Å². The van der Waals surface area contributed by atoms with E-state index in [1.165, 1.54) is 5.54 Å². The Labute approximate surface area is 109 Å². The zero-order chi connectivity index (χ0) is 12.0. The molecule has 0 saturated heterocycles. The molecule has 17 heavy (non-hydrogen) atoms. The highest BCUT2D eigenvalue weighted by molar-refractivity contribution is 6.77. The number of hydrogen-bond donors (Lipinski definition) is 0. The molecule has 4 unspecified atom stereocenters. The standard InChI is InChI=1S/C16H30Si/c1-17(2,3)16-14-10-6-4-8-12(14)13-9-5-7-11-15(13)16/h12-16H,4-11H2,1-3H3. The van der Waals surface area contributed by atoms with Crippen molar-refractivity contribution in [3.05, 3.63) is 0 Å². The molecule has 0 aromatic carbocycles. The van der Waals surface area contributed by atoms with Gasteiger partial charge < -0.3 is 0 Å². The first kappa shape index (κ1) is 12.3. The van der Waals surface area contributed by atoms with Gasteiger partial charge in [0, 0.05) is 8.07 Å². The van der Waals surface area contributed by atoms with Crippen molar-refractivity contribution >= 4 is 8.07 Å². The van der Waals surface area contributed by atoms with E-state index in [9.17, 15) is 0 Å². The molecule has 98 valence electrons. The van der Waals surface area contributed by atoms with E-state index in [1.54, 1.807) is 51.4 Å². The molecule has 3 saturated carbocycles. The molecule has 0 aromatic rings. The van der Waals surface area contributed by atoms with E-state index < -0.39 is 8.07 Å². The smallest absolute Gasteiger partial charge is 0.0479 e. The summed E-state index contributed by atoms with van der Waals surface area (Å²) in [6, 6.07) is 0. The summed E-state index contributed by atoms with van der Waals surface area (Å²) in [6.07, 6.45) is 12.5. The Morgan fingerprint density at radius 2 is 0.941 bits per heavy atom. The van der Waals surface area contributed by atoms with E-state index >= 15 is 0 Å². The first-order valence-corrected chi connectivity index (χ1v) is 11.7. The molecule has 3 aliphatic rings. The molecule has 0 aromatic heterocycles. The van der Waals surface area contributed by atoms with Gasteiger partial charge in [-0.1, -0.05) is 58.2 Å². The minimum Gasteiger partial charge on any atom is -0.0693 e. The molecule has 3 fully saturated rings. The second kappa shape index (κ2) is 4.40. The fraction of sp³-hybridized carbons (Fsp3) is 1.00. The van der Waals surface area contributed by atoms with E-state index in [0.717, 1.165) is 23.7 Å². The molecule has 0 spiro atoms. The van der Waals surface area contributed by atoms with Gasteiger partial charge in [-0.05, 0) is 42.1 Å². The lowest BCUT2D eigenvalue weighted by atomic mass is 9.73. The van der Waals surface area contributed by atoms with Gasteiger partial charge in [-0.15, -0.1) is 0 Å². The first-order valence-electron chi connectivity index (χ1n) is 8.09. The highest BCUT2D eigenvalue weighted by atomic mass is 28.3. The third kappa shape index (κ3) is 2.03. The van der Waals surface area contributed by atoms with Gasteiger partial charge in [0.1, 0.15) is 0 Å². The summed E-state index contributed by atoms with van der Waals surface area (Å²) in [7, 11) is -0.941. The maximum atomic E-state index is 2.65. The van der Waals surface area contributed by atoms with Crippen LogP contribution in [0.5, 0.6) is 0 Å². The highest BCUT2D eigenvalue weighted by Gasteiger charge is 2.54. The summed E-state index contributed by atoms with van der Waals surface area (Å²) in [5.41, 5.74) is 1.18. The fourth-order valence-electron chi connectivity index (χ4n) is 5.93. The van der Waals surface area contributed by atoms with Crippen molar-refractivity contribution in [3.8, 4) is 0 Å². The Hall–Kier alpha value is 0.217. The van der Waals surface area contributed by atoms with Crippen LogP contribution in [0.15, 0.2) is 0 Å². The van der Waals surface area contributed by atoms with Crippen molar-refractivity contribution in [2.24, 2.45) is 23.7 Å². The van der Waals surface area contributed by atoms with E-state index in [-0.39, 0.29) is 0 Å². The quantitative estimate of drug-likeness (QED) is 0.552. The molecule has 4 atom stereocenters. The van der Waals surface area contributed by atoms with Gasteiger partial charge in [0.05, 0.1) is 0 Å². The zero-order valence-corrected chi connectivity index (χ0v) is 13.0. The molecule has 3 aliphatic carbocycles. The topological polar surface area (TPSA) is 0 Å². The van der Waals surface area contributed by atoms with Gasteiger partial charge in [0.25, 0.3) is 0 Å². The third-order valence-electron chi connectivity index (χ3n) is 6.22. The van der Waals surface area contributed by atoms with E-state index in [4.69, 9.17) is 0 Å². The average molecular weight is 251 g/mol. The van der Waals surface area contributed by atoms with Gasteiger partial charge in [-0.2, -0.15) is 0 Å². The van der Waals surface area contributed by atoms with Gasteiger partial charge in [0.15, 0.2) is 0 Å². The van der Waals surface area contributed by atoms with Crippen LogP contribution in [0.4, 0.5) is 0 Å². The Balaban J connectivity index is 1.90. The van der Waals surface area contributed by atoms with Crippen LogP contribution in [0.2, 0.25) is 25.2 Å². The molecule has 0 heterocycles. The minimum absolute atomic E-state index is 0.941. The summed E-state index contributed by atoms with van der Waals surface area (Å²) in [5.74, 6) is 4.63. The predicted molar refractivity (Wildman–Crippen MR) is 78.0 cm³/mol.